The molecule has 2 unspecified atom stereocenters. The average molecular weight is 226 g/mol. The minimum absolute atomic E-state index is 0.0760. The van der Waals surface area contributed by atoms with Crippen LogP contribution in [0.3, 0.4) is 0 Å². The minimum Gasteiger partial charge on any atom is -0.333 e. The van der Waals surface area contributed by atoms with E-state index in [2.05, 4.69) is 21.9 Å². The highest BCUT2D eigenvalue weighted by Crippen LogP contribution is 1.96. The van der Waals surface area contributed by atoms with Crippen molar-refractivity contribution < 1.29 is 4.39 Å². The standard InChI is InChI=1S/C11H19FN4/c1-4-9(3)8-15-10(5-2)16-11(13)14-7-6-12/h4,7-10H,1,5-6H2,2-3H3,(H2,13,16)/b14-7-,15-8-. The van der Waals surface area contributed by atoms with Crippen LogP contribution >= 0.6 is 0 Å². The molecule has 0 saturated heterocycles. The first-order valence-electron chi connectivity index (χ1n) is 5.23. The van der Waals surface area contributed by atoms with Gasteiger partial charge in [-0.3, -0.25) is 10.4 Å². The molecule has 2 N–H and O–H groups in total. The number of hydrogen-bond donors (Lipinski definition) is 2. The van der Waals surface area contributed by atoms with E-state index in [1.165, 1.54) is 0 Å². The van der Waals surface area contributed by atoms with E-state index >= 15 is 0 Å². The Bertz CT molecular complexity index is 273. The summed E-state index contributed by atoms with van der Waals surface area (Å²) in [6.45, 7) is 6.89. The lowest BCUT2D eigenvalue weighted by Crippen LogP contribution is -2.31. The summed E-state index contributed by atoms with van der Waals surface area (Å²) in [6.07, 6.45) is 5.11. The van der Waals surface area contributed by atoms with Gasteiger partial charge < -0.3 is 5.32 Å². The third kappa shape index (κ3) is 6.86. The molecule has 0 heterocycles. The van der Waals surface area contributed by atoms with Crippen molar-refractivity contribution in [3.8, 4) is 0 Å². The SMILES string of the molecule is C=CC(C)/C=N\C(CC)NC(=N)/N=C\CF. The second-order valence-corrected chi connectivity index (χ2v) is 3.28. The van der Waals surface area contributed by atoms with E-state index in [0.717, 1.165) is 12.6 Å². The van der Waals surface area contributed by atoms with E-state index in [1.54, 1.807) is 12.3 Å². The molecule has 0 rings (SSSR count). The minimum atomic E-state index is -0.669. The topological polar surface area (TPSA) is 60.6 Å². The van der Waals surface area contributed by atoms with Crippen LogP contribution in [0.15, 0.2) is 22.6 Å². The Morgan fingerprint density at radius 1 is 1.62 bits per heavy atom. The van der Waals surface area contributed by atoms with Crippen molar-refractivity contribution in [2.75, 3.05) is 6.67 Å². The number of halogens is 1. The molecule has 0 amide bonds. The summed E-state index contributed by atoms with van der Waals surface area (Å²) in [6, 6.07) is 0. The number of guanidine groups is 1. The van der Waals surface area contributed by atoms with E-state index in [-0.39, 0.29) is 18.0 Å². The quantitative estimate of drug-likeness (QED) is 0.407. The highest BCUT2D eigenvalue weighted by atomic mass is 19.1. The molecule has 2 atom stereocenters. The van der Waals surface area contributed by atoms with Crippen molar-refractivity contribution in [2.24, 2.45) is 15.9 Å². The van der Waals surface area contributed by atoms with Crippen molar-refractivity contribution in [2.45, 2.75) is 26.4 Å². The lowest BCUT2D eigenvalue weighted by molar-refractivity contribution is 0.586. The van der Waals surface area contributed by atoms with Crippen molar-refractivity contribution in [3.05, 3.63) is 12.7 Å². The zero-order valence-corrected chi connectivity index (χ0v) is 9.78. The molecule has 0 aromatic rings. The first-order chi connectivity index (χ1) is 7.63. The highest BCUT2D eigenvalue weighted by Gasteiger charge is 2.03. The zero-order chi connectivity index (χ0) is 12.4. The lowest BCUT2D eigenvalue weighted by Gasteiger charge is -2.12. The van der Waals surface area contributed by atoms with E-state index in [0.29, 0.717) is 0 Å². The predicted octanol–water partition coefficient (Wildman–Crippen LogP) is 2.18. The maximum absolute atomic E-state index is 11.8. The van der Waals surface area contributed by atoms with Crippen LogP contribution in [0.1, 0.15) is 20.3 Å². The Balaban J connectivity index is 4.19. The molecule has 0 bridgehead atoms. The smallest absolute Gasteiger partial charge is 0.216 e. The average Bonchev–Trinajstić information content (AvgIpc) is 2.31. The first-order valence-corrected chi connectivity index (χ1v) is 5.23. The Hall–Kier alpha value is -1.52. The van der Waals surface area contributed by atoms with Crippen molar-refractivity contribution >= 4 is 18.4 Å². The van der Waals surface area contributed by atoms with Gasteiger partial charge in [0, 0.05) is 18.3 Å². The summed E-state index contributed by atoms with van der Waals surface area (Å²) < 4.78 is 11.8. The molecule has 0 fully saturated rings. The molecular weight excluding hydrogens is 207 g/mol. The predicted molar refractivity (Wildman–Crippen MR) is 67.3 cm³/mol. The van der Waals surface area contributed by atoms with Crippen LogP contribution in [0.25, 0.3) is 0 Å². The lowest BCUT2D eigenvalue weighted by atomic mass is 10.2. The number of aliphatic imine (C=N–C) groups is 2. The number of allylic oxidation sites excluding steroid dienone is 1. The molecule has 0 spiro atoms. The van der Waals surface area contributed by atoms with Gasteiger partial charge in [0.05, 0.1) is 0 Å². The molecule has 90 valence electrons. The molecular formula is C11H19FN4. The number of rotatable bonds is 6. The van der Waals surface area contributed by atoms with Gasteiger partial charge in [-0.1, -0.05) is 19.9 Å². The van der Waals surface area contributed by atoms with Crippen molar-refractivity contribution in [1.29, 1.82) is 5.41 Å². The largest absolute Gasteiger partial charge is 0.333 e. The fourth-order valence-corrected chi connectivity index (χ4v) is 0.866. The maximum Gasteiger partial charge on any atom is 0.216 e. The van der Waals surface area contributed by atoms with Crippen molar-refractivity contribution in [3.63, 3.8) is 0 Å². The Morgan fingerprint density at radius 2 is 2.31 bits per heavy atom. The third-order valence-electron chi connectivity index (χ3n) is 1.85. The molecule has 5 heteroatoms. The number of nitrogens with zero attached hydrogens (tertiary/aromatic N) is 2. The second-order valence-electron chi connectivity index (χ2n) is 3.28. The highest BCUT2D eigenvalue weighted by molar-refractivity contribution is 5.85. The van der Waals surface area contributed by atoms with E-state index in [1.807, 2.05) is 13.8 Å². The van der Waals surface area contributed by atoms with Crippen LogP contribution in [0.5, 0.6) is 0 Å². The molecule has 4 nitrogen and oxygen atoms in total. The monoisotopic (exact) mass is 226 g/mol. The van der Waals surface area contributed by atoms with Gasteiger partial charge in [-0.15, -0.1) is 6.58 Å². The zero-order valence-electron chi connectivity index (χ0n) is 9.78. The Kier molecular flexibility index (Phi) is 7.93. The normalized spacial score (nSPS) is 15.2. The fourth-order valence-electron chi connectivity index (χ4n) is 0.866. The van der Waals surface area contributed by atoms with Gasteiger partial charge in [0.15, 0.2) is 0 Å². The van der Waals surface area contributed by atoms with E-state index < -0.39 is 6.67 Å². The molecule has 0 saturated carbocycles. The van der Waals surface area contributed by atoms with Gasteiger partial charge in [-0.05, 0) is 6.42 Å². The first kappa shape index (κ1) is 14.5. The number of nitrogens with one attached hydrogen (secondary N) is 2. The van der Waals surface area contributed by atoms with Crippen LogP contribution in [0.2, 0.25) is 0 Å². The van der Waals surface area contributed by atoms with Gasteiger partial charge in [0.1, 0.15) is 12.8 Å². The van der Waals surface area contributed by atoms with Gasteiger partial charge in [-0.2, -0.15) is 0 Å². The molecule has 0 aromatic heterocycles. The molecule has 0 radical (unpaired) electrons. The van der Waals surface area contributed by atoms with Crippen LogP contribution in [-0.4, -0.2) is 31.2 Å². The summed E-state index contributed by atoms with van der Waals surface area (Å²) in [4.78, 5) is 7.80. The number of alkyl halides is 1. The molecule has 16 heavy (non-hydrogen) atoms. The Labute approximate surface area is 95.9 Å². The third-order valence-corrected chi connectivity index (χ3v) is 1.85. The van der Waals surface area contributed by atoms with Crippen LogP contribution in [0, 0.1) is 11.3 Å². The van der Waals surface area contributed by atoms with E-state index in [4.69, 9.17) is 5.41 Å². The van der Waals surface area contributed by atoms with Gasteiger partial charge in [-0.25, -0.2) is 9.38 Å². The molecule has 0 aliphatic heterocycles. The Morgan fingerprint density at radius 3 is 2.81 bits per heavy atom. The van der Waals surface area contributed by atoms with E-state index in [9.17, 15) is 4.39 Å². The van der Waals surface area contributed by atoms with Gasteiger partial charge in [0.2, 0.25) is 5.96 Å². The molecule has 0 aliphatic rings. The maximum atomic E-state index is 11.8. The summed E-state index contributed by atoms with van der Waals surface area (Å²) >= 11 is 0. The van der Waals surface area contributed by atoms with Gasteiger partial charge in [0.25, 0.3) is 0 Å². The van der Waals surface area contributed by atoms with Crippen LogP contribution in [-0.2, 0) is 0 Å². The molecule has 0 aromatic carbocycles. The summed E-state index contributed by atoms with van der Waals surface area (Å²) in [5.74, 6) is 0.118. The summed E-state index contributed by atoms with van der Waals surface area (Å²) in [5, 5.41) is 10.2. The molecule has 0 aliphatic carbocycles. The van der Waals surface area contributed by atoms with Crippen molar-refractivity contribution in [1.82, 2.24) is 5.32 Å². The number of hydrogen-bond acceptors (Lipinski definition) is 2. The fraction of sp³-hybridized carbons (Fsp3) is 0.545. The summed E-state index contributed by atoms with van der Waals surface area (Å²) in [5.41, 5.74) is 0. The summed E-state index contributed by atoms with van der Waals surface area (Å²) in [7, 11) is 0. The van der Waals surface area contributed by atoms with Gasteiger partial charge >= 0.3 is 0 Å². The van der Waals surface area contributed by atoms with Crippen LogP contribution in [0.4, 0.5) is 4.39 Å². The second kappa shape index (κ2) is 8.76. The van der Waals surface area contributed by atoms with Crippen LogP contribution < -0.4 is 5.32 Å².